The number of hydrogen-bond acceptors (Lipinski definition) is 5. The molecule has 0 amide bonds. The van der Waals surface area contributed by atoms with E-state index in [9.17, 15) is 4.79 Å². The second-order valence-corrected chi connectivity index (χ2v) is 6.15. The monoisotopic (exact) mass is 353 g/mol. The van der Waals surface area contributed by atoms with Crippen LogP contribution >= 0.6 is 0 Å². The minimum Gasteiger partial charge on any atom is -0.497 e. The van der Waals surface area contributed by atoms with Crippen molar-refractivity contribution in [1.29, 1.82) is 0 Å². The molecule has 0 unspecified atom stereocenters. The highest BCUT2D eigenvalue weighted by Crippen LogP contribution is 2.28. The molecule has 0 aliphatic rings. The second-order valence-electron chi connectivity index (χ2n) is 6.15. The van der Waals surface area contributed by atoms with E-state index in [2.05, 4.69) is 11.0 Å². The average molecular weight is 353 g/mol. The van der Waals surface area contributed by atoms with Gasteiger partial charge >= 0.3 is 5.97 Å². The number of esters is 1. The van der Waals surface area contributed by atoms with E-state index in [1.807, 2.05) is 49.5 Å². The number of carbonyl (C=O) groups is 1. The van der Waals surface area contributed by atoms with Gasteiger partial charge in [0.05, 0.1) is 13.7 Å². The van der Waals surface area contributed by atoms with Crippen LogP contribution in [0, 0.1) is 0 Å². The Kier molecular flexibility index (Phi) is 5.58. The van der Waals surface area contributed by atoms with Crippen LogP contribution in [0.3, 0.4) is 0 Å². The van der Waals surface area contributed by atoms with Crippen molar-refractivity contribution >= 4 is 16.9 Å². The van der Waals surface area contributed by atoms with Gasteiger partial charge in [-0.25, -0.2) is 4.79 Å². The molecule has 0 atom stereocenters. The van der Waals surface area contributed by atoms with E-state index >= 15 is 0 Å². The quantitative estimate of drug-likeness (QED) is 0.594. The molecule has 2 aromatic carbocycles. The number of nitrogens with zero attached hydrogens (tertiary/aromatic N) is 1. The van der Waals surface area contributed by atoms with E-state index in [0.717, 1.165) is 28.8 Å². The van der Waals surface area contributed by atoms with Crippen molar-refractivity contribution in [2.45, 2.75) is 20.0 Å². The number of carbonyl (C=O) groups excluding carboxylic acids is 1. The van der Waals surface area contributed by atoms with E-state index in [-0.39, 0.29) is 5.76 Å². The first-order valence-electron chi connectivity index (χ1n) is 8.61. The van der Waals surface area contributed by atoms with Gasteiger partial charge in [-0.1, -0.05) is 30.3 Å². The van der Waals surface area contributed by atoms with Crippen LogP contribution in [0.15, 0.2) is 52.9 Å². The van der Waals surface area contributed by atoms with E-state index in [4.69, 9.17) is 13.9 Å². The maximum atomic E-state index is 12.3. The normalized spacial score (nSPS) is 11.1. The van der Waals surface area contributed by atoms with Crippen LogP contribution in [0.5, 0.6) is 5.75 Å². The SMILES string of the molecule is CCOC(=O)c1oc2ccccc2c1CN(C)Cc1cccc(OC)c1. The van der Waals surface area contributed by atoms with Gasteiger partial charge in [-0.3, -0.25) is 4.90 Å². The molecule has 0 aliphatic carbocycles. The zero-order chi connectivity index (χ0) is 18.5. The zero-order valence-corrected chi connectivity index (χ0v) is 15.3. The molecule has 3 aromatic rings. The van der Waals surface area contributed by atoms with E-state index in [1.165, 1.54) is 0 Å². The number of fused-ring (bicyclic) bond motifs is 1. The summed E-state index contributed by atoms with van der Waals surface area (Å²) in [6, 6.07) is 15.6. The van der Waals surface area contributed by atoms with Crippen molar-refractivity contribution in [3.8, 4) is 5.75 Å². The zero-order valence-electron chi connectivity index (χ0n) is 15.3. The molecule has 136 valence electrons. The molecule has 0 saturated heterocycles. The molecular weight excluding hydrogens is 330 g/mol. The van der Waals surface area contributed by atoms with Gasteiger partial charge in [0.15, 0.2) is 0 Å². The van der Waals surface area contributed by atoms with E-state index < -0.39 is 5.97 Å². The van der Waals surface area contributed by atoms with Crippen molar-refractivity contribution in [2.75, 3.05) is 20.8 Å². The Morgan fingerprint density at radius 1 is 1.12 bits per heavy atom. The van der Waals surface area contributed by atoms with Crippen molar-refractivity contribution in [1.82, 2.24) is 4.90 Å². The third kappa shape index (κ3) is 3.89. The largest absolute Gasteiger partial charge is 0.497 e. The Hall–Kier alpha value is -2.79. The van der Waals surface area contributed by atoms with Gasteiger partial charge in [-0.05, 0) is 37.7 Å². The molecule has 3 rings (SSSR count). The number of benzene rings is 2. The Bertz CT molecular complexity index is 900. The highest BCUT2D eigenvalue weighted by Gasteiger charge is 2.22. The minimum atomic E-state index is -0.423. The average Bonchev–Trinajstić information content (AvgIpc) is 3.01. The van der Waals surface area contributed by atoms with Crippen LogP contribution in [-0.2, 0) is 17.8 Å². The molecule has 26 heavy (non-hydrogen) atoms. The third-order valence-corrected chi connectivity index (χ3v) is 4.17. The lowest BCUT2D eigenvalue weighted by molar-refractivity contribution is 0.0489. The maximum Gasteiger partial charge on any atom is 0.374 e. The lowest BCUT2D eigenvalue weighted by Gasteiger charge is -2.17. The molecule has 0 aliphatic heterocycles. The lowest BCUT2D eigenvalue weighted by atomic mass is 10.1. The van der Waals surface area contributed by atoms with Crippen LogP contribution < -0.4 is 4.74 Å². The highest BCUT2D eigenvalue weighted by atomic mass is 16.5. The smallest absolute Gasteiger partial charge is 0.374 e. The van der Waals surface area contributed by atoms with Crippen molar-refractivity contribution in [3.63, 3.8) is 0 Å². The van der Waals surface area contributed by atoms with Gasteiger partial charge in [-0.2, -0.15) is 0 Å². The second kappa shape index (κ2) is 8.06. The fourth-order valence-corrected chi connectivity index (χ4v) is 3.03. The summed E-state index contributed by atoms with van der Waals surface area (Å²) < 4.78 is 16.2. The molecular formula is C21H23NO4. The summed E-state index contributed by atoms with van der Waals surface area (Å²) in [4.78, 5) is 14.4. The number of furan rings is 1. The summed E-state index contributed by atoms with van der Waals surface area (Å²) in [5, 5.41) is 0.938. The van der Waals surface area contributed by atoms with Crippen LogP contribution in [-0.4, -0.2) is 31.6 Å². The molecule has 0 saturated carbocycles. The highest BCUT2D eigenvalue weighted by molar-refractivity contribution is 5.96. The Balaban J connectivity index is 1.86. The Morgan fingerprint density at radius 2 is 1.92 bits per heavy atom. The number of hydrogen-bond donors (Lipinski definition) is 0. The number of para-hydroxylation sites is 1. The Morgan fingerprint density at radius 3 is 2.69 bits per heavy atom. The summed E-state index contributed by atoms with van der Waals surface area (Å²) in [7, 11) is 3.67. The van der Waals surface area contributed by atoms with Gasteiger partial charge in [0, 0.05) is 24.0 Å². The minimum absolute atomic E-state index is 0.283. The van der Waals surface area contributed by atoms with Gasteiger partial charge in [-0.15, -0.1) is 0 Å². The van der Waals surface area contributed by atoms with E-state index in [1.54, 1.807) is 14.0 Å². The molecule has 1 aromatic heterocycles. The number of rotatable bonds is 7. The first-order valence-corrected chi connectivity index (χ1v) is 8.61. The maximum absolute atomic E-state index is 12.3. The molecule has 5 nitrogen and oxygen atoms in total. The number of ether oxygens (including phenoxy) is 2. The predicted octanol–water partition coefficient (Wildman–Crippen LogP) is 4.25. The van der Waals surface area contributed by atoms with Crippen LogP contribution in [0.4, 0.5) is 0 Å². The topological polar surface area (TPSA) is 51.9 Å². The van der Waals surface area contributed by atoms with Crippen molar-refractivity contribution in [3.05, 3.63) is 65.4 Å². The molecule has 0 radical (unpaired) electrons. The van der Waals surface area contributed by atoms with Gasteiger partial charge in [0.25, 0.3) is 0 Å². The summed E-state index contributed by atoms with van der Waals surface area (Å²) in [6.45, 7) is 3.39. The summed E-state index contributed by atoms with van der Waals surface area (Å²) >= 11 is 0. The fraction of sp³-hybridized carbons (Fsp3) is 0.286. The summed E-state index contributed by atoms with van der Waals surface area (Å²) in [5.74, 6) is 0.691. The molecule has 5 heteroatoms. The van der Waals surface area contributed by atoms with Crippen LogP contribution in [0.25, 0.3) is 11.0 Å². The fourth-order valence-electron chi connectivity index (χ4n) is 3.03. The molecule has 0 N–H and O–H groups in total. The predicted molar refractivity (Wildman–Crippen MR) is 100 cm³/mol. The third-order valence-electron chi connectivity index (χ3n) is 4.17. The van der Waals surface area contributed by atoms with Crippen molar-refractivity contribution < 1.29 is 18.7 Å². The van der Waals surface area contributed by atoms with E-state index in [0.29, 0.717) is 18.7 Å². The molecule has 0 bridgehead atoms. The number of methoxy groups -OCH3 is 1. The molecule has 0 spiro atoms. The van der Waals surface area contributed by atoms with Gasteiger partial charge in [0.2, 0.25) is 5.76 Å². The summed E-state index contributed by atoms with van der Waals surface area (Å²) in [5.41, 5.74) is 2.68. The molecule has 1 heterocycles. The first kappa shape index (κ1) is 18.0. The van der Waals surface area contributed by atoms with Crippen LogP contribution in [0.1, 0.15) is 28.6 Å². The standard InChI is InChI=1S/C21H23NO4/c1-4-25-21(23)20-18(17-10-5-6-11-19(17)26-20)14-22(2)13-15-8-7-9-16(12-15)24-3/h5-12H,4,13-14H2,1-3H3. The van der Waals surface area contributed by atoms with Gasteiger partial charge < -0.3 is 13.9 Å². The first-order chi connectivity index (χ1) is 12.6. The lowest BCUT2D eigenvalue weighted by Crippen LogP contribution is -2.19. The Labute approximate surface area is 153 Å². The van der Waals surface area contributed by atoms with Crippen LogP contribution in [0.2, 0.25) is 0 Å². The van der Waals surface area contributed by atoms with Crippen molar-refractivity contribution in [2.24, 2.45) is 0 Å². The summed E-state index contributed by atoms with van der Waals surface area (Å²) in [6.07, 6.45) is 0. The molecule has 0 fully saturated rings. The van der Waals surface area contributed by atoms with Gasteiger partial charge in [0.1, 0.15) is 11.3 Å².